The van der Waals surface area contributed by atoms with Crippen molar-refractivity contribution in [3.8, 4) is 0 Å². The number of carboxylic acids is 1. The first kappa shape index (κ1) is 14.2. The van der Waals surface area contributed by atoms with E-state index in [9.17, 15) is 9.59 Å². The summed E-state index contributed by atoms with van der Waals surface area (Å²) in [6.45, 7) is 3.60. The SMILES string of the molecule is CCC(C)(CNC(=O)Cc1ccccc1)C(=O)O. The highest BCUT2D eigenvalue weighted by Crippen LogP contribution is 2.19. The van der Waals surface area contributed by atoms with Crippen LogP contribution in [0.5, 0.6) is 0 Å². The molecule has 0 saturated carbocycles. The van der Waals surface area contributed by atoms with E-state index in [0.29, 0.717) is 6.42 Å². The predicted molar refractivity (Wildman–Crippen MR) is 69.2 cm³/mol. The summed E-state index contributed by atoms with van der Waals surface area (Å²) in [5.41, 5.74) is 0.0235. The number of benzene rings is 1. The second-order valence-corrected chi connectivity index (χ2v) is 4.66. The van der Waals surface area contributed by atoms with Gasteiger partial charge in [0.25, 0.3) is 0 Å². The van der Waals surface area contributed by atoms with E-state index >= 15 is 0 Å². The van der Waals surface area contributed by atoms with Crippen molar-refractivity contribution >= 4 is 11.9 Å². The van der Waals surface area contributed by atoms with E-state index in [0.717, 1.165) is 5.56 Å². The zero-order valence-electron chi connectivity index (χ0n) is 10.8. The molecule has 1 unspecified atom stereocenters. The number of nitrogens with one attached hydrogen (secondary N) is 1. The van der Waals surface area contributed by atoms with Gasteiger partial charge < -0.3 is 10.4 Å². The van der Waals surface area contributed by atoms with Gasteiger partial charge in [0.05, 0.1) is 11.8 Å². The van der Waals surface area contributed by atoms with Gasteiger partial charge in [-0.1, -0.05) is 37.3 Å². The van der Waals surface area contributed by atoms with Crippen molar-refractivity contribution in [3.63, 3.8) is 0 Å². The minimum Gasteiger partial charge on any atom is -0.481 e. The number of aliphatic carboxylic acids is 1. The van der Waals surface area contributed by atoms with E-state index in [1.807, 2.05) is 30.3 Å². The maximum Gasteiger partial charge on any atom is 0.311 e. The molecule has 0 radical (unpaired) electrons. The summed E-state index contributed by atoms with van der Waals surface area (Å²) in [5, 5.41) is 11.8. The Morgan fingerprint density at radius 1 is 1.28 bits per heavy atom. The molecular weight excluding hydrogens is 230 g/mol. The highest BCUT2D eigenvalue weighted by molar-refractivity contribution is 5.80. The van der Waals surface area contributed by atoms with Crippen molar-refractivity contribution in [2.45, 2.75) is 26.7 Å². The maximum absolute atomic E-state index is 11.7. The van der Waals surface area contributed by atoms with Gasteiger partial charge in [0, 0.05) is 6.54 Å². The second kappa shape index (κ2) is 6.19. The van der Waals surface area contributed by atoms with Crippen LogP contribution < -0.4 is 5.32 Å². The van der Waals surface area contributed by atoms with Gasteiger partial charge in [-0.2, -0.15) is 0 Å². The fourth-order valence-corrected chi connectivity index (χ4v) is 1.49. The standard InChI is InChI=1S/C14H19NO3/c1-3-14(2,13(17)18)10-15-12(16)9-11-7-5-4-6-8-11/h4-8H,3,9-10H2,1-2H3,(H,15,16)(H,17,18). The van der Waals surface area contributed by atoms with Crippen LogP contribution in [-0.4, -0.2) is 23.5 Å². The third-order valence-electron chi connectivity index (χ3n) is 3.18. The lowest BCUT2D eigenvalue weighted by Gasteiger charge is -2.23. The van der Waals surface area contributed by atoms with Gasteiger partial charge in [-0.3, -0.25) is 9.59 Å². The Morgan fingerprint density at radius 2 is 1.89 bits per heavy atom. The van der Waals surface area contributed by atoms with Gasteiger partial charge in [0.15, 0.2) is 0 Å². The van der Waals surface area contributed by atoms with E-state index in [-0.39, 0.29) is 18.9 Å². The fraction of sp³-hybridized carbons (Fsp3) is 0.429. The summed E-state index contributed by atoms with van der Waals surface area (Å²) in [7, 11) is 0. The normalized spacial score (nSPS) is 13.7. The molecule has 0 bridgehead atoms. The number of carbonyl (C=O) groups excluding carboxylic acids is 1. The van der Waals surface area contributed by atoms with E-state index in [2.05, 4.69) is 5.32 Å². The Bertz CT molecular complexity index is 416. The molecule has 0 aliphatic rings. The lowest BCUT2D eigenvalue weighted by atomic mass is 9.87. The van der Waals surface area contributed by atoms with Crippen molar-refractivity contribution in [2.24, 2.45) is 5.41 Å². The van der Waals surface area contributed by atoms with Gasteiger partial charge in [-0.15, -0.1) is 0 Å². The van der Waals surface area contributed by atoms with Crippen molar-refractivity contribution in [3.05, 3.63) is 35.9 Å². The van der Waals surface area contributed by atoms with Crippen molar-refractivity contribution in [1.82, 2.24) is 5.32 Å². The summed E-state index contributed by atoms with van der Waals surface area (Å²) in [5.74, 6) is -1.04. The average Bonchev–Trinajstić information content (AvgIpc) is 2.37. The van der Waals surface area contributed by atoms with E-state index < -0.39 is 11.4 Å². The van der Waals surface area contributed by atoms with Gasteiger partial charge in [-0.25, -0.2) is 0 Å². The zero-order chi connectivity index (χ0) is 13.6. The van der Waals surface area contributed by atoms with Crippen LogP contribution in [-0.2, 0) is 16.0 Å². The summed E-state index contributed by atoms with van der Waals surface area (Å²) in [6, 6.07) is 9.37. The zero-order valence-corrected chi connectivity index (χ0v) is 10.8. The largest absolute Gasteiger partial charge is 0.481 e. The van der Waals surface area contributed by atoms with Gasteiger partial charge in [-0.05, 0) is 18.9 Å². The maximum atomic E-state index is 11.7. The Balaban J connectivity index is 2.49. The van der Waals surface area contributed by atoms with Crippen LogP contribution >= 0.6 is 0 Å². The summed E-state index contributed by atoms with van der Waals surface area (Å²) < 4.78 is 0. The van der Waals surface area contributed by atoms with E-state index in [4.69, 9.17) is 5.11 Å². The summed E-state index contributed by atoms with van der Waals surface area (Å²) in [4.78, 5) is 22.8. The molecule has 1 aromatic carbocycles. The molecule has 2 N–H and O–H groups in total. The number of amides is 1. The molecule has 0 saturated heterocycles. The smallest absolute Gasteiger partial charge is 0.311 e. The first-order valence-corrected chi connectivity index (χ1v) is 6.02. The van der Waals surface area contributed by atoms with Crippen molar-refractivity contribution in [1.29, 1.82) is 0 Å². The van der Waals surface area contributed by atoms with Gasteiger partial charge in [0.2, 0.25) is 5.91 Å². The van der Waals surface area contributed by atoms with Crippen molar-refractivity contribution in [2.75, 3.05) is 6.54 Å². The third-order valence-corrected chi connectivity index (χ3v) is 3.18. The molecule has 4 heteroatoms. The number of hydrogen-bond donors (Lipinski definition) is 2. The Labute approximate surface area is 107 Å². The first-order valence-electron chi connectivity index (χ1n) is 6.02. The molecule has 4 nitrogen and oxygen atoms in total. The average molecular weight is 249 g/mol. The lowest BCUT2D eigenvalue weighted by molar-refractivity contribution is -0.148. The van der Waals surface area contributed by atoms with Crippen LogP contribution in [0.2, 0.25) is 0 Å². The van der Waals surface area contributed by atoms with Crippen LogP contribution in [0.1, 0.15) is 25.8 Å². The molecule has 0 fully saturated rings. The molecule has 0 heterocycles. The van der Waals surface area contributed by atoms with E-state index in [1.54, 1.807) is 13.8 Å². The Kier molecular flexibility index (Phi) is 4.89. The molecule has 0 aliphatic heterocycles. The van der Waals surface area contributed by atoms with Crippen LogP contribution in [0.25, 0.3) is 0 Å². The highest BCUT2D eigenvalue weighted by Gasteiger charge is 2.31. The number of hydrogen-bond acceptors (Lipinski definition) is 2. The van der Waals surface area contributed by atoms with Crippen LogP contribution in [0.4, 0.5) is 0 Å². The first-order chi connectivity index (χ1) is 8.48. The lowest BCUT2D eigenvalue weighted by Crippen LogP contribution is -2.41. The molecule has 1 atom stereocenters. The number of rotatable bonds is 6. The molecule has 0 aliphatic carbocycles. The molecule has 98 valence electrons. The minimum absolute atomic E-state index is 0.151. The quantitative estimate of drug-likeness (QED) is 0.808. The second-order valence-electron chi connectivity index (χ2n) is 4.66. The molecule has 0 aromatic heterocycles. The predicted octanol–water partition coefficient (Wildman–Crippen LogP) is 1.85. The summed E-state index contributed by atoms with van der Waals surface area (Å²) in [6.07, 6.45) is 0.758. The van der Waals surface area contributed by atoms with Crippen LogP contribution in [0.3, 0.4) is 0 Å². The molecule has 18 heavy (non-hydrogen) atoms. The molecule has 1 rings (SSSR count). The fourth-order valence-electron chi connectivity index (χ4n) is 1.49. The topological polar surface area (TPSA) is 66.4 Å². The Morgan fingerprint density at radius 3 is 2.39 bits per heavy atom. The Hall–Kier alpha value is -1.84. The molecule has 1 aromatic rings. The van der Waals surface area contributed by atoms with Gasteiger partial charge >= 0.3 is 5.97 Å². The molecule has 0 spiro atoms. The summed E-state index contributed by atoms with van der Waals surface area (Å²) >= 11 is 0. The number of carboxylic acid groups (broad SMARTS) is 1. The highest BCUT2D eigenvalue weighted by atomic mass is 16.4. The van der Waals surface area contributed by atoms with Crippen LogP contribution in [0, 0.1) is 5.41 Å². The molecule has 1 amide bonds. The number of carbonyl (C=O) groups is 2. The third kappa shape index (κ3) is 3.87. The minimum atomic E-state index is -0.896. The monoisotopic (exact) mass is 249 g/mol. The van der Waals surface area contributed by atoms with E-state index in [1.165, 1.54) is 0 Å². The van der Waals surface area contributed by atoms with Gasteiger partial charge in [0.1, 0.15) is 0 Å². The van der Waals surface area contributed by atoms with Crippen molar-refractivity contribution < 1.29 is 14.7 Å². The van der Waals surface area contributed by atoms with Crippen LogP contribution in [0.15, 0.2) is 30.3 Å². The molecular formula is C14H19NO3.